The van der Waals surface area contributed by atoms with Crippen LogP contribution >= 0.6 is 11.6 Å². The molecular weight excluding hydrogens is 298 g/mol. The van der Waals surface area contributed by atoms with Crippen LogP contribution in [0, 0.1) is 5.92 Å². The van der Waals surface area contributed by atoms with Gasteiger partial charge >= 0.3 is 6.03 Å². The molecule has 122 valence electrons. The highest BCUT2D eigenvalue weighted by atomic mass is 35.5. The molecule has 0 spiro atoms. The molecule has 1 aliphatic rings. The number of hydrogen-bond acceptors (Lipinski definition) is 2. The first-order chi connectivity index (χ1) is 10.7. The summed E-state index contributed by atoms with van der Waals surface area (Å²) in [4.78, 5) is 11.7. The Morgan fingerprint density at radius 3 is 2.59 bits per heavy atom. The molecule has 1 saturated heterocycles. The Hall–Kier alpha value is -1.26. The standard InChI is InChI=1S/C17H26ClN3O/c18-16-6-4-15(5-7-16)13-21-17(22)20-10-2-1-3-14-8-11-19-12-9-14/h4-7,14,19H,1-3,8-13H2,(H2,20,21,22). The quantitative estimate of drug-likeness (QED) is 0.674. The van der Waals surface area contributed by atoms with Crippen LogP contribution in [0.2, 0.25) is 5.02 Å². The summed E-state index contributed by atoms with van der Waals surface area (Å²) < 4.78 is 0. The van der Waals surface area contributed by atoms with Gasteiger partial charge in [-0.3, -0.25) is 0 Å². The first-order valence-corrected chi connectivity index (χ1v) is 8.58. The van der Waals surface area contributed by atoms with E-state index in [2.05, 4.69) is 16.0 Å². The van der Waals surface area contributed by atoms with Crippen molar-refractivity contribution in [1.82, 2.24) is 16.0 Å². The number of carbonyl (C=O) groups is 1. The van der Waals surface area contributed by atoms with E-state index in [0.29, 0.717) is 11.6 Å². The van der Waals surface area contributed by atoms with Crippen molar-refractivity contribution in [2.75, 3.05) is 19.6 Å². The predicted octanol–water partition coefficient (Wildman–Crippen LogP) is 3.31. The number of piperidine rings is 1. The van der Waals surface area contributed by atoms with E-state index < -0.39 is 0 Å². The van der Waals surface area contributed by atoms with E-state index in [1.165, 1.54) is 25.7 Å². The van der Waals surface area contributed by atoms with Gasteiger partial charge in [0.25, 0.3) is 0 Å². The molecule has 0 aliphatic carbocycles. The van der Waals surface area contributed by atoms with Crippen molar-refractivity contribution >= 4 is 17.6 Å². The Kier molecular flexibility index (Phi) is 7.54. The summed E-state index contributed by atoms with van der Waals surface area (Å²) in [6.45, 7) is 3.60. The lowest BCUT2D eigenvalue weighted by Crippen LogP contribution is -2.35. The molecule has 1 fully saturated rings. The maximum absolute atomic E-state index is 11.7. The van der Waals surface area contributed by atoms with Gasteiger partial charge in [-0.15, -0.1) is 0 Å². The molecule has 3 N–H and O–H groups in total. The number of benzene rings is 1. The lowest BCUT2D eigenvalue weighted by atomic mass is 9.92. The zero-order valence-electron chi connectivity index (χ0n) is 13.0. The van der Waals surface area contributed by atoms with Gasteiger partial charge in [-0.05, 0) is 56.0 Å². The van der Waals surface area contributed by atoms with Gasteiger partial charge in [-0.1, -0.05) is 36.6 Å². The van der Waals surface area contributed by atoms with Gasteiger partial charge in [0.05, 0.1) is 0 Å². The van der Waals surface area contributed by atoms with E-state index in [1.807, 2.05) is 24.3 Å². The minimum absolute atomic E-state index is 0.100. The predicted molar refractivity (Wildman–Crippen MR) is 91.1 cm³/mol. The molecule has 2 rings (SSSR count). The van der Waals surface area contributed by atoms with E-state index in [1.54, 1.807) is 0 Å². The number of nitrogens with one attached hydrogen (secondary N) is 3. The van der Waals surface area contributed by atoms with E-state index in [0.717, 1.165) is 37.5 Å². The van der Waals surface area contributed by atoms with Crippen molar-refractivity contribution in [1.29, 1.82) is 0 Å². The van der Waals surface area contributed by atoms with Crippen molar-refractivity contribution < 1.29 is 4.79 Å². The van der Waals surface area contributed by atoms with Gasteiger partial charge in [-0.2, -0.15) is 0 Å². The molecule has 0 saturated carbocycles. The third-order valence-electron chi connectivity index (χ3n) is 4.15. The van der Waals surface area contributed by atoms with Gasteiger partial charge in [-0.25, -0.2) is 4.79 Å². The Morgan fingerprint density at radius 1 is 1.14 bits per heavy atom. The van der Waals surface area contributed by atoms with Gasteiger partial charge in [0.15, 0.2) is 0 Å². The third kappa shape index (κ3) is 6.67. The molecule has 0 aromatic heterocycles. The van der Waals surface area contributed by atoms with E-state index in [9.17, 15) is 4.79 Å². The van der Waals surface area contributed by atoms with E-state index >= 15 is 0 Å². The number of hydrogen-bond donors (Lipinski definition) is 3. The SMILES string of the molecule is O=C(NCCCCC1CCNCC1)NCc1ccc(Cl)cc1. The normalized spacial score (nSPS) is 15.5. The summed E-state index contributed by atoms with van der Waals surface area (Å²) in [6.07, 6.45) is 6.14. The van der Waals surface area contributed by atoms with Crippen molar-refractivity contribution in [2.45, 2.75) is 38.6 Å². The highest BCUT2D eigenvalue weighted by molar-refractivity contribution is 6.30. The molecule has 1 aliphatic heterocycles. The maximum Gasteiger partial charge on any atom is 0.315 e. The van der Waals surface area contributed by atoms with Crippen LogP contribution in [0.15, 0.2) is 24.3 Å². The second-order valence-electron chi connectivity index (χ2n) is 5.93. The van der Waals surface area contributed by atoms with Crippen LogP contribution in [0.1, 0.15) is 37.7 Å². The third-order valence-corrected chi connectivity index (χ3v) is 4.40. The summed E-state index contributed by atoms with van der Waals surface area (Å²) >= 11 is 5.83. The molecule has 0 atom stereocenters. The number of rotatable bonds is 7. The van der Waals surface area contributed by atoms with Gasteiger partial charge in [0.2, 0.25) is 0 Å². The fourth-order valence-corrected chi connectivity index (χ4v) is 2.90. The number of carbonyl (C=O) groups excluding carboxylic acids is 1. The number of halogens is 1. The second kappa shape index (κ2) is 9.70. The monoisotopic (exact) mass is 323 g/mol. The molecule has 0 radical (unpaired) electrons. The second-order valence-corrected chi connectivity index (χ2v) is 6.36. The van der Waals surface area contributed by atoms with Crippen molar-refractivity contribution in [3.05, 3.63) is 34.9 Å². The van der Waals surface area contributed by atoms with E-state index in [-0.39, 0.29) is 6.03 Å². The van der Waals surface area contributed by atoms with Crippen molar-refractivity contribution in [2.24, 2.45) is 5.92 Å². The molecule has 4 nitrogen and oxygen atoms in total. The fourth-order valence-electron chi connectivity index (χ4n) is 2.78. The molecule has 0 unspecified atom stereocenters. The topological polar surface area (TPSA) is 53.2 Å². The zero-order valence-corrected chi connectivity index (χ0v) is 13.8. The molecule has 1 heterocycles. The largest absolute Gasteiger partial charge is 0.338 e. The molecule has 0 bridgehead atoms. The first-order valence-electron chi connectivity index (χ1n) is 8.21. The summed E-state index contributed by atoms with van der Waals surface area (Å²) in [7, 11) is 0. The van der Waals surface area contributed by atoms with Crippen LogP contribution in [0.4, 0.5) is 4.79 Å². The smallest absolute Gasteiger partial charge is 0.315 e. The summed E-state index contributed by atoms with van der Waals surface area (Å²) in [6, 6.07) is 7.40. The summed E-state index contributed by atoms with van der Waals surface area (Å²) in [5, 5.41) is 9.87. The average molecular weight is 324 g/mol. The Balaban J connectivity index is 1.49. The maximum atomic E-state index is 11.7. The Labute approximate surface area is 138 Å². The first kappa shape index (κ1) is 17.1. The number of unbranched alkanes of at least 4 members (excludes halogenated alkanes) is 1. The lowest BCUT2D eigenvalue weighted by Gasteiger charge is -2.22. The van der Waals surface area contributed by atoms with Gasteiger partial charge in [0.1, 0.15) is 0 Å². The van der Waals surface area contributed by atoms with Gasteiger partial charge in [0, 0.05) is 18.1 Å². The van der Waals surface area contributed by atoms with Crippen LogP contribution < -0.4 is 16.0 Å². The van der Waals surface area contributed by atoms with Crippen LogP contribution in [0.25, 0.3) is 0 Å². The highest BCUT2D eigenvalue weighted by Crippen LogP contribution is 2.18. The molecule has 1 aromatic carbocycles. The summed E-state index contributed by atoms with van der Waals surface area (Å²) in [5.74, 6) is 0.875. The van der Waals surface area contributed by atoms with Crippen molar-refractivity contribution in [3.8, 4) is 0 Å². The fraction of sp³-hybridized carbons (Fsp3) is 0.588. The highest BCUT2D eigenvalue weighted by Gasteiger charge is 2.11. The van der Waals surface area contributed by atoms with E-state index in [4.69, 9.17) is 11.6 Å². The Bertz CT molecular complexity index is 444. The molecule has 2 amide bonds. The molecule has 1 aromatic rings. The summed E-state index contributed by atoms with van der Waals surface area (Å²) in [5.41, 5.74) is 1.05. The van der Waals surface area contributed by atoms with Gasteiger partial charge < -0.3 is 16.0 Å². The number of urea groups is 1. The van der Waals surface area contributed by atoms with Crippen LogP contribution in [-0.2, 0) is 6.54 Å². The van der Waals surface area contributed by atoms with Crippen LogP contribution in [-0.4, -0.2) is 25.7 Å². The Morgan fingerprint density at radius 2 is 1.86 bits per heavy atom. The minimum Gasteiger partial charge on any atom is -0.338 e. The molecule has 22 heavy (non-hydrogen) atoms. The van der Waals surface area contributed by atoms with Crippen molar-refractivity contribution in [3.63, 3.8) is 0 Å². The average Bonchev–Trinajstić information content (AvgIpc) is 2.55. The minimum atomic E-state index is -0.100. The van der Waals surface area contributed by atoms with Crippen LogP contribution in [0.3, 0.4) is 0 Å². The van der Waals surface area contributed by atoms with Crippen LogP contribution in [0.5, 0.6) is 0 Å². The molecular formula is C17H26ClN3O. The lowest BCUT2D eigenvalue weighted by molar-refractivity contribution is 0.240. The number of amides is 2. The molecule has 5 heteroatoms. The zero-order chi connectivity index (χ0) is 15.6.